The summed E-state index contributed by atoms with van der Waals surface area (Å²) in [5.41, 5.74) is 0.544. The zero-order valence-electron chi connectivity index (χ0n) is 11.1. The van der Waals surface area contributed by atoms with Crippen molar-refractivity contribution in [3.63, 3.8) is 0 Å². The van der Waals surface area contributed by atoms with E-state index in [4.69, 9.17) is 5.26 Å². The predicted molar refractivity (Wildman–Crippen MR) is 69.6 cm³/mol. The number of nitro groups is 1. The van der Waals surface area contributed by atoms with E-state index in [0.717, 1.165) is 5.56 Å². The largest absolute Gasteiger partial charge is 0.323 e. The molecule has 0 saturated heterocycles. The third-order valence-corrected chi connectivity index (χ3v) is 2.70. The van der Waals surface area contributed by atoms with Crippen LogP contribution in [-0.4, -0.2) is 28.3 Å². The van der Waals surface area contributed by atoms with E-state index in [1.165, 1.54) is 17.0 Å². The van der Waals surface area contributed by atoms with Crippen molar-refractivity contribution in [1.29, 1.82) is 5.26 Å². The molecule has 0 spiro atoms. The van der Waals surface area contributed by atoms with Gasteiger partial charge in [-0.3, -0.25) is 14.9 Å². The second kappa shape index (κ2) is 5.96. The van der Waals surface area contributed by atoms with E-state index < -0.39 is 10.8 Å². The molecule has 0 aromatic heterocycles. The first-order chi connectivity index (χ1) is 8.88. The number of carbonyl (C=O) groups excluding carboxylic acids is 1. The number of hydrogen-bond donors (Lipinski definition) is 0. The fourth-order valence-corrected chi connectivity index (χ4v) is 1.70. The van der Waals surface area contributed by atoms with Crippen molar-refractivity contribution in [2.24, 2.45) is 0 Å². The summed E-state index contributed by atoms with van der Waals surface area (Å²) in [6.45, 7) is 5.18. The van der Waals surface area contributed by atoms with Gasteiger partial charge in [-0.05, 0) is 32.4 Å². The molecule has 6 nitrogen and oxygen atoms in total. The summed E-state index contributed by atoms with van der Waals surface area (Å²) in [6, 6.07) is 6.07. The van der Waals surface area contributed by atoms with Crippen LogP contribution in [0.2, 0.25) is 0 Å². The number of aryl methyl sites for hydroxylation is 1. The lowest BCUT2D eigenvalue weighted by atomic mass is 10.1. The molecule has 1 aromatic carbocycles. The highest BCUT2D eigenvalue weighted by Gasteiger charge is 2.26. The van der Waals surface area contributed by atoms with E-state index in [2.05, 4.69) is 0 Å². The molecule has 19 heavy (non-hydrogen) atoms. The minimum Gasteiger partial charge on any atom is -0.323 e. The van der Waals surface area contributed by atoms with Crippen LogP contribution in [0.25, 0.3) is 0 Å². The quantitative estimate of drug-likeness (QED) is 0.472. The molecule has 100 valence electrons. The molecule has 0 aliphatic rings. The summed E-state index contributed by atoms with van der Waals surface area (Å²) in [7, 11) is 0. The van der Waals surface area contributed by atoms with Crippen LogP contribution >= 0.6 is 0 Å². The van der Waals surface area contributed by atoms with Gasteiger partial charge in [-0.1, -0.05) is 6.07 Å². The average Bonchev–Trinajstić information content (AvgIpc) is 2.34. The summed E-state index contributed by atoms with van der Waals surface area (Å²) >= 11 is 0. The third-order valence-electron chi connectivity index (χ3n) is 2.70. The summed E-state index contributed by atoms with van der Waals surface area (Å²) < 4.78 is 0. The van der Waals surface area contributed by atoms with Crippen LogP contribution in [0, 0.1) is 28.4 Å². The Morgan fingerprint density at radius 2 is 2.16 bits per heavy atom. The molecule has 0 N–H and O–H groups in total. The van der Waals surface area contributed by atoms with Crippen LogP contribution in [0.3, 0.4) is 0 Å². The van der Waals surface area contributed by atoms with E-state index in [0.29, 0.717) is 0 Å². The smallest absolute Gasteiger partial charge is 0.282 e. The molecule has 0 aliphatic heterocycles. The third kappa shape index (κ3) is 3.28. The fraction of sp³-hybridized carbons (Fsp3) is 0.385. The molecule has 1 rings (SSSR count). The molecule has 0 radical (unpaired) electrons. The van der Waals surface area contributed by atoms with Gasteiger partial charge >= 0.3 is 0 Å². The van der Waals surface area contributed by atoms with Gasteiger partial charge < -0.3 is 4.90 Å². The lowest BCUT2D eigenvalue weighted by molar-refractivity contribution is -0.385. The second-order valence-electron chi connectivity index (χ2n) is 4.46. The van der Waals surface area contributed by atoms with Gasteiger partial charge in [-0.25, -0.2) is 0 Å². The Labute approximate surface area is 111 Å². The molecule has 0 atom stereocenters. The SMILES string of the molecule is Cc1ccc([N+](=O)[O-])c(C(=O)N(CC#N)C(C)C)c1. The summed E-state index contributed by atoms with van der Waals surface area (Å²) in [5, 5.41) is 19.7. The number of nitrogens with zero attached hydrogens (tertiary/aromatic N) is 3. The van der Waals surface area contributed by atoms with E-state index >= 15 is 0 Å². The highest BCUT2D eigenvalue weighted by molar-refractivity contribution is 5.98. The van der Waals surface area contributed by atoms with E-state index in [1.807, 2.05) is 6.07 Å². The standard InChI is InChI=1S/C13H15N3O3/c1-9(2)15(7-6-14)13(17)11-8-10(3)4-5-12(11)16(18)19/h4-5,8-9H,7H2,1-3H3. The van der Waals surface area contributed by atoms with Gasteiger partial charge in [0.25, 0.3) is 11.6 Å². The average molecular weight is 261 g/mol. The van der Waals surface area contributed by atoms with Crippen molar-refractivity contribution < 1.29 is 9.72 Å². The number of carbonyl (C=O) groups is 1. The highest BCUT2D eigenvalue weighted by Crippen LogP contribution is 2.22. The molecule has 0 fully saturated rings. The molecule has 0 bridgehead atoms. The van der Waals surface area contributed by atoms with Crippen molar-refractivity contribution in [3.8, 4) is 6.07 Å². The Balaban J connectivity index is 3.28. The number of nitro benzene ring substituents is 1. The van der Waals surface area contributed by atoms with Crippen LogP contribution in [0.4, 0.5) is 5.69 Å². The normalized spacial score (nSPS) is 10.1. The van der Waals surface area contributed by atoms with Crippen molar-refractivity contribution in [3.05, 3.63) is 39.4 Å². The van der Waals surface area contributed by atoms with E-state index in [9.17, 15) is 14.9 Å². The lowest BCUT2D eigenvalue weighted by Crippen LogP contribution is -2.37. The van der Waals surface area contributed by atoms with Gasteiger partial charge in [0.2, 0.25) is 0 Å². The van der Waals surface area contributed by atoms with Crippen molar-refractivity contribution in [2.75, 3.05) is 6.54 Å². The fourth-order valence-electron chi connectivity index (χ4n) is 1.70. The Morgan fingerprint density at radius 1 is 1.53 bits per heavy atom. The summed E-state index contributed by atoms with van der Waals surface area (Å²) in [4.78, 5) is 24.0. The topological polar surface area (TPSA) is 87.2 Å². The Bertz CT molecular complexity index is 547. The van der Waals surface area contributed by atoms with Crippen molar-refractivity contribution in [1.82, 2.24) is 4.90 Å². The van der Waals surface area contributed by atoms with Crippen LogP contribution in [0.1, 0.15) is 29.8 Å². The summed E-state index contributed by atoms with van der Waals surface area (Å²) in [6.07, 6.45) is 0. The zero-order valence-corrected chi connectivity index (χ0v) is 11.1. The number of nitriles is 1. The monoisotopic (exact) mass is 261 g/mol. The molecule has 0 aliphatic carbocycles. The van der Waals surface area contributed by atoms with Crippen LogP contribution in [-0.2, 0) is 0 Å². The molecule has 1 aromatic rings. The minimum atomic E-state index is -0.586. The second-order valence-corrected chi connectivity index (χ2v) is 4.46. The van der Waals surface area contributed by atoms with E-state index in [-0.39, 0.29) is 23.8 Å². The maximum absolute atomic E-state index is 12.3. The van der Waals surface area contributed by atoms with Crippen LogP contribution in [0.15, 0.2) is 18.2 Å². The first kappa shape index (κ1) is 14.6. The van der Waals surface area contributed by atoms with Gasteiger partial charge in [0.1, 0.15) is 12.1 Å². The molecule has 0 saturated carbocycles. The van der Waals surface area contributed by atoms with Gasteiger partial charge in [-0.2, -0.15) is 5.26 Å². The molecular weight excluding hydrogens is 246 g/mol. The minimum absolute atomic E-state index is 0.0222. The van der Waals surface area contributed by atoms with Crippen molar-refractivity contribution in [2.45, 2.75) is 26.8 Å². The Kier molecular flexibility index (Phi) is 4.59. The first-order valence-electron chi connectivity index (χ1n) is 5.81. The number of benzene rings is 1. The predicted octanol–water partition coefficient (Wildman–Crippen LogP) is 2.28. The van der Waals surface area contributed by atoms with Gasteiger partial charge in [0.05, 0.1) is 11.0 Å². The first-order valence-corrected chi connectivity index (χ1v) is 5.81. The lowest BCUT2D eigenvalue weighted by Gasteiger charge is -2.23. The maximum atomic E-state index is 12.3. The number of rotatable bonds is 4. The van der Waals surface area contributed by atoms with Crippen LogP contribution < -0.4 is 0 Å². The molecule has 6 heteroatoms. The summed E-state index contributed by atoms with van der Waals surface area (Å²) in [5.74, 6) is -0.494. The zero-order chi connectivity index (χ0) is 14.6. The van der Waals surface area contributed by atoms with Gasteiger partial charge in [0, 0.05) is 12.1 Å². The number of hydrogen-bond acceptors (Lipinski definition) is 4. The Morgan fingerprint density at radius 3 is 2.63 bits per heavy atom. The Hall–Kier alpha value is -2.42. The van der Waals surface area contributed by atoms with Gasteiger partial charge in [-0.15, -0.1) is 0 Å². The molecule has 0 heterocycles. The maximum Gasteiger partial charge on any atom is 0.282 e. The van der Waals surface area contributed by atoms with Gasteiger partial charge in [0.15, 0.2) is 0 Å². The van der Waals surface area contributed by atoms with Crippen LogP contribution in [0.5, 0.6) is 0 Å². The molecule has 0 unspecified atom stereocenters. The number of amides is 1. The van der Waals surface area contributed by atoms with E-state index in [1.54, 1.807) is 26.8 Å². The highest BCUT2D eigenvalue weighted by atomic mass is 16.6. The van der Waals surface area contributed by atoms with Crippen molar-refractivity contribution >= 4 is 11.6 Å². The molecular formula is C13H15N3O3. The molecule has 1 amide bonds.